The highest BCUT2D eigenvalue weighted by Crippen LogP contribution is 2.61. The van der Waals surface area contributed by atoms with Crippen LogP contribution in [0.1, 0.15) is 45.1 Å². The van der Waals surface area contributed by atoms with Gasteiger partial charge in [0, 0.05) is 33.2 Å². The van der Waals surface area contributed by atoms with E-state index in [4.69, 9.17) is 0 Å². The van der Waals surface area contributed by atoms with E-state index in [1.165, 1.54) is 103 Å². The summed E-state index contributed by atoms with van der Waals surface area (Å²) in [7, 11) is 0. The first-order chi connectivity index (χ1) is 25.5. The van der Waals surface area contributed by atoms with Crippen LogP contribution in [0.4, 0.5) is 11.4 Å². The molecule has 2 heterocycles. The zero-order chi connectivity index (χ0) is 34.9. The summed E-state index contributed by atoms with van der Waals surface area (Å²) in [5, 5.41) is 2.58. The maximum atomic E-state index is 2.68. The molecule has 10 rings (SSSR count). The van der Waals surface area contributed by atoms with Crippen molar-refractivity contribution >= 4 is 33.2 Å². The molecule has 52 heavy (non-hydrogen) atoms. The molecular formula is C50H42N2. The molecule has 1 fully saturated rings. The number of fused-ring (bicyclic) bond motifs is 6. The van der Waals surface area contributed by atoms with Crippen LogP contribution in [0, 0.1) is 0 Å². The van der Waals surface area contributed by atoms with E-state index in [-0.39, 0.29) is 11.0 Å². The Bertz CT molecular complexity index is 2530. The quantitative estimate of drug-likeness (QED) is 0.177. The first-order valence-electron chi connectivity index (χ1n) is 18.8. The predicted octanol–water partition coefficient (Wildman–Crippen LogP) is 13.5. The van der Waals surface area contributed by atoms with Gasteiger partial charge in [0.2, 0.25) is 0 Å². The van der Waals surface area contributed by atoms with Crippen molar-refractivity contribution in [2.45, 2.75) is 50.5 Å². The van der Waals surface area contributed by atoms with Crippen LogP contribution in [-0.4, -0.2) is 10.1 Å². The molecule has 0 N–H and O–H groups in total. The maximum Gasteiger partial charge on any atom is 0.0541 e. The van der Waals surface area contributed by atoms with E-state index in [0.29, 0.717) is 0 Å². The third-order valence-corrected chi connectivity index (χ3v) is 12.6. The number of para-hydroxylation sites is 2. The molecule has 0 bridgehead atoms. The SMILES string of the molecule is CC12CCCCC1(C)N(c1ccc(-c3ccc(-n4c5ccccc5c5ccccc54)cc3)cc1)c1ccc(-c3ccc(-c4ccccc4)cc3)cc12. The Morgan fingerprint density at radius 2 is 0.885 bits per heavy atom. The minimum absolute atomic E-state index is 0.00878. The van der Waals surface area contributed by atoms with E-state index < -0.39 is 0 Å². The third-order valence-electron chi connectivity index (χ3n) is 12.6. The fourth-order valence-electron chi connectivity index (χ4n) is 9.61. The lowest BCUT2D eigenvalue weighted by molar-refractivity contribution is 0.195. The fourth-order valence-corrected chi connectivity index (χ4v) is 9.61. The first-order valence-corrected chi connectivity index (χ1v) is 18.8. The van der Waals surface area contributed by atoms with Crippen LogP contribution in [0.3, 0.4) is 0 Å². The number of nitrogens with zero attached hydrogens (tertiary/aromatic N) is 2. The summed E-state index contributed by atoms with van der Waals surface area (Å²) in [5.74, 6) is 0. The Balaban J connectivity index is 0.979. The summed E-state index contributed by atoms with van der Waals surface area (Å²) < 4.78 is 2.38. The van der Waals surface area contributed by atoms with Crippen LogP contribution in [0.2, 0.25) is 0 Å². The van der Waals surface area contributed by atoms with Crippen molar-refractivity contribution in [3.05, 3.63) is 175 Å². The Hall–Kier alpha value is -5.86. The van der Waals surface area contributed by atoms with Crippen molar-refractivity contribution in [3.63, 3.8) is 0 Å². The standard InChI is InChI=1S/C50H42N2/c1-49-32-10-11-33-50(49,2)52(48-31-26-40(34-45(48)49)39-20-18-36(19-21-39)35-12-4-3-5-13-35)42-29-24-38(25-30-42)37-22-27-41(28-23-37)51-46-16-8-6-14-43(46)44-15-7-9-17-47(44)51/h3-9,12-31,34H,10-11,32-33H2,1-2H3. The predicted molar refractivity (Wildman–Crippen MR) is 220 cm³/mol. The maximum absolute atomic E-state index is 2.68. The molecule has 2 atom stereocenters. The molecule has 0 saturated heterocycles. The van der Waals surface area contributed by atoms with Crippen molar-refractivity contribution in [2.24, 2.45) is 0 Å². The topological polar surface area (TPSA) is 8.17 Å². The lowest BCUT2D eigenvalue weighted by Crippen LogP contribution is -2.54. The monoisotopic (exact) mass is 670 g/mol. The second-order valence-electron chi connectivity index (χ2n) is 15.3. The lowest BCUT2D eigenvalue weighted by Gasteiger charge is -2.50. The van der Waals surface area contributed by atoms with Crippen LogP contribution < -0.4 is 4.90 Å². The van der Waals surface area contributed by atoms with Crippen molar-refractivity contribution in [1.29, 1.82) is 0 Å². The minimum atomic E-state index is 0.00878. The normalized spacial score (nSPS) is 19.5. The summed E-state index contributed by atoms with van der Waals surface area (Å²) in [6.45, 7) is 5.04. The summed E-state index contributed by atoms with van der Waals surface area (Å²) in [6.07, 6.45) is 4.94. The molecule has 1 aliphatic carbocycles. The highest BCUT2D eigenvalue weighted by molar-refractivity contribution is 6.09. The van der Waals surface area contributed by atoms with Crippen molar-refractivity contribution in [1.82, 2.24) is 4.57 Å². The van der Waals surface area contributed by atoms with E-state index in [1.54, 1.807) is 0 Å². The van der Waals surface area contributed by atoms with Gasteiger partial charge in [-0.1, -0.05) is 141 Å². The van der Waals surface area contributed by atoms with Crippen LogP contribution in [0.15, 0.2) is 170 Å². The molecule has 252 valence electrons. The molecule has 2 aliphatic rings. The van der Waals surface area contributed by atoms with E-state index in [1.807, 2.05) is 0 Å². The molecule has 2 nitrogen and oxygen atoms in total. The molecule has 1 saturated carbocycles. The van der Waals surface area contributed by atoms with Gasteiger partial charge in [0.15, 0.2) is 0 Å². The highest BCUT2D eigenvalue weighted by atomic mass is 15.3. The third kappa shape index (κ3) is 4.63. The molecule has 0 amide bonds. The van der Waals surface area contributed by atoms with E-state index in [9.17, 15) is 0 Å². The summed E-state index contributed by atoms with van der Waals surface area (Å²) in [5.41, 5.74) is 15.4. The lowest BCUT2D eigenvalue weighted by atomic mass is 9.61. The highest BCUT2D eigenvalue weighted by Gasteiger charge is 2.57. The smallest absolute Gasteiger partial charge is 0.0541 e. The van der Waals surface area contributed by atoms with Crippen molar-refractivity contribution in [3.8, 4) is 39.1 Å². The van der Waals surface area contributed by atoms with Crippen LogP contribution >= 0.6 is 0 Å². The van der Waals surface area contributed by atoms with E-state index >= 15 is 0 Å². The molecule has 8 aromatic rings. The fraction of sp³-hybridized carbons (Fsp3) is 0.160. The van der Waals surface area contributed by atoms with Gasteiger partial charge in [0.25, 0.3) is 0 Å². The zero-order valence-electron chi connectivity index (χ0n) is 29.9. The number of hydrogen-bond acceptors (Lipinski definition) is 1. The summed E-state index contributed by atoms with van der Waals surface area (Å²) >= 11 is 0. The molecule has 2 heteroatoms. The minimum Gasteiger partial charge on any atom is -0.334 e. The van der Waals surface area contributed by atoms with Gasteiger partial charge in [-0.25, -0.2) is 0 Å². The largest absolute Gasteiger partial charge is 0.334 e. The number of aromatic nitrogens is 1. The van der Waals surface area contributed by atoms with Crippen LogP contribution in [-0.2, 0) is 5.41 Å². The molecule has 0 spiro atoms. The Morgan fingerprint density at radius 3 is 1.50 bits per heavy atom. The van der Waals surface area contributed by atoms with Gasteiger partial charge in [-0.2, -0.15) is 0 Å². The van der Waals surface area contributed by atoms with Gasteiger partial charge >= 0.3 is 0 Å². The Kier molecular flexibility index (Phi) is 7.05. The second-order valence-corrected chi connectivity index (χ2v) is 15.3. The molecule has 2 unspecified atom stereocenters. The zero-order valence-corrected chi connectivity index (χ0v) is 29.9. The average Bonchev–Trinajstić information content (AvgIpc) is 3.65. The molecule has 0 radical (unpaired) electrons. The van der Waals surface area contributed by atoms with Gasteiger partial charge in [-0.15, -0.1) is 0 Å². The first kappa shape index (κ1) is 30.9. The summed E-state index contributed by atoms with van der Waals surface area (Å²) in [4.78, 5) is 2.68. The van der Waals surface area contributed by atoms with Gasteiger partial charge < -0.3 is 9.47 Å². The Labute approximate surface area is 306 Å². The molecule has 1 aliphatic heterocycles. The second kappa shape index (κ2) is 11.9. The van der Waals surface area contributed by atoms with Gasteiger partial charge in [-0.05, 0) is 107 Å². The van der Waals surface area contributed by atoms with Crippen molar-refractivity contribution < 1.29 is 0 Å². The van der Waals surface area contributed by atoms with Gasteiger partial charge in [0.1, 0.15) is 0 Å². The van der Waals surface area contributed by atoms with E-state index in [2.05, 4.69) is 193 Å². The van der Waals surface area contributed by atoms with Crippen LogP contribution in [0.5, 0.6) is 0 Å². The van der Waals surface area contributed by atoms with Gasteiger partial charge in [-0.3, -0.25) is 0 Å². The molecule has 1 aromatic heterocycles. The molecular weight excluding hydrogens is 629 g/mol. The van der Waals surface area contributed by atoms with Crippen LogP contribution in [0.25, 0.3) is 60.9 Å². The summed E-state index contributed by atoms with van der Waals surface area (Å²) in [6, 6.07) is 62.8. The molecule has 7 aromatic carbocycles. The van der Waals surface area contributed by atoms with Gasteiger partial charge in [0.05, 0.1) is 16.6 Å². The number of anilines is 2. The van der Waals surface area contributed by atoms with Crippen molar-refractivity contribution in [2.75, 3.05) is 4.90 Å². The Morgan fingerprint density at radius 1 is 0.423 bits per heavy atom. The number of benzene rings is 7. The average molecular weight is 671 g/mol. The van der Waals surface area contributed by atoms with E-state index in [0.717, 1.165) is 0 Å². The number of rotatable bonds is 5. The number of hydrogen-bond donors (Lipinski definition) is 0.